The maximum absolute atomic E-state index is 5.80. The SMILES string of the molecule is Nc1ccc2nn(-c3cccnc3)nc2c1Br. The molecule has 17 heavy (non-hydrogen) atoms. The van der Waals surface area contributed by atoms with Crippen molar-refractivity contribution < 1.29 is 0 Å². The van der Waals surface area contributed by atoms with E-state index < -0.39 is 0 Å². The molecule has 0 aliphatic rings. The van der Waals surface area contributed by atoms with Crippen LogP contribution in [0.3, 0.4) is 0 Å². The van der Waals surface area contributed by atoms with E-state index in [0.29, 0.717) is 5.69 Å². The molecule has 5 nitrogen and oxygen atoms in total. The summed E-state index contributed by atoms with van der Waals surface area (Å²) < 4.78 is 0.769. The van der Waals surface area contributed by atoms with E-state index in [0.717, 1.165) is 21.2 Å². The summed E-state index contributed by atoms with van der Waals surface area (Å²) in [6.07, 6.45) is 3.41. The molecule has 0 bridgehead atoms. The molecule has 0 saturated carbocycles. The first-order chi connectivity index (χ1) is 8.25. The molecule has 0 amide bonds. The van der Waals surface area contributed by atoms with Crippen molar-refractivity contribution >= 4 is 32.7 Å². The van der Waals surface area contributed by atoms with Gasteiger partial charge in [-0.1, -0.05) is 0 Å². The lowest BCUT2D eigenvalue weighted by molar-refractivity contribution is 0.761. The Bertz CT molecular complexity index is 677. The predicted octanol–water partition coefficient (Wildman–Crippen LogP) is 2.16. The summed E-state index contributed by atoms with van der Waals surface area (Å²) in [6.45, 7) is 0. The number of benzene rings is 1. The maximum atomic E-state index is 5.80. The standard InChI is InChI=1S/C11H8BrN5/c12-10-8(13)3-4-9-11(10)16-17(15-9)7-2-1-5-14-6-7/h1-6H,13H2. The van der Waals surface area contributed by atoms with Gasteiger partial charge in [-0.25, -0.2) is 0 Å². The van der Waals surface area contributed by atoms with E-state index in [9.17, 15) is 0 Å². The van der Waals surface area contributed by atoms with Crippen molar-refractivity contribution in [1.82, 2.24) is 20.0 Å². The number of nitrogen functional groups attached to an aromatic ring is 1. The normalized spacial score (nSPS) is 10.9. The molecule has 2 aromatic heterocycles. The molecule has 3 rings (SSSR count). The van der Waals surface area contributed by atoms with E-state index in [1.807, 2.05) is 18.2 Å². The molecular weight excluding hydrogens is 282 g/mol. The van der Waals surface area contributed by atoms with Crippen LogP contribution in [0.4, 0.5) is 5.69 Å². The van der Waals surface area contributed by atoms with Gasteiger partial charge in [0.05, 0.1) is 10.7 Å². The number of nitrogens with two attached hydrogens (primary N) is 1. The van der Waals surface area contributed by atoms with Crippen LogP contribution in [0.15, 0.2) is 41.1 Å². The van der Waals surface area contributed by atoms with Crippen LogP contribution in [0.1, 0.15) is 0 Å². The molecule has 0 radical (unpaired) electrons. The summed E-state index contributed by atoms with van der Waals surface area (Å²) in [5, 5.41) is 8.75. The van der Waals surface area contributed by atoms with Crippen molar-refractivity contribution in [3.05, 3.63) is 41.1 Å². The molecule has 0 saturated heterocycles. The predicted molar refractivity (Wildman–Crippen MR) is 68.8 cm³/mol. The molecule has 0 atom stereocenters. The van der Waals surface area contributed by atoms with Gasteiger partial charge in [-0.2, -0.15) is 0 Å². The Morgan fingerprint density at radius 1 is 1.18 bits per heavy atom. The highest BCUT2D eigenvalue weighted by Gasteiger charge is 2.09. The van der Waals surface area contributed by atoms with Crippen LogP contribution in [-0.2, 0) is 0 Å². The van der Waals surface area contributed by atoms with Gasteiger partial charge in [0.1, 0.15) is 16.7 Å². The lowest BCUT2D eigenvalue weighted by atomic mass is 10.3. The molecule has 2 N–H and O–H groups in total. The zero-order valence-corrected chi connectivity index (χ0v) is 10.3. The second kappa shape index (κ2) is 3.81. The number of halogens is 1. The van der Waals surface area contributed by atoms with Crippen molar-refractivity contribution in [3.63, 3.8) is 0 Å². The smallest absolute Gasteiger partial charge is 0.129 e. The molecule has 0 aliphatic carbocycles. The van der Waals surface area contributed by atoms with Crippen molar-refractivity contribution in [2.75, 3.05) is 5.73 Å². The Hall–Kier alpha value is -1.95. The Morgan fingerprint density at radius 2 is 2.06 bits per heavy atom. The zero-order chi connectivity index (χ0) is 11.8. The number of anilines is 1. The number of hydrogen-bond donors (Lipinski definition) is 1. The zero-order valence-electron chi connectivity index (χ0n) is 8.71. The summed E-state index contributed by atoms with van der Waals surface area (Å²) >= 11 is 3.41. The second-order valence-corrected chi connectivity index (χ2v) is 4.33. The van der Waals surface area contributed by atoms with Crippen LogP contribution in [-0.4, -0.2) is 20.0 Å². The molecule has 6 heteroatoms. The quantitative estimate of drug-likeness (QED) is 0.697. The fraction of sp³-hybridized carbons (Fsp3) is 0. The van der Waals surface area contributed by atoms with Gasteiger partial charge in [0.2, 0.25) is 0 Å². The first-order valence-electron chi connectivity index (χ1n) is 4.97. The third-order valence-electron chi connectivity index (χ3n) is 2.40. The van der Waals surface area contributed by atoms with Gasteiger partial charge >= 0.3 is 0 Å². The summed E-state index contributed by atoms with van der Waals surface area (Å²) in [7, 11) is 0. The molecule has 0 fully saturated rings. The van der Waals surface area contributed by atoms with Gasteiger partial charge in [0, 0.05) is 11.9 Å². The Kier molecular flexibility index (Phi) is 2.29. The molecular formula is C11H8BrN5. The molecule has 0 spiro atoms. The second-order valence-electron chi connectivity index (χ2n) is 3.54. The highest BCUT2D eigenvalue weighted by molar-refractivity contribution is 9.10. The summed E-state index contributed by atoms with van der Waals surface area (Å²) in [6, 6.07) is 7.37. The molecule has 0 unspecified atom stereocenters. The molecule has 1 aromatic carbocycles. The fourth-order valence-corrected chi connectivity index (χ4v) is 1.97. The van der Waals surface area contributed by atoms with E-state index in [4.69, 9.17) is 5.73 Å². The van der Waals surface area contributed by atoms with Crippen molar-refractivity contribution in [2.24, 2.45) is 0 Å². The molecule has 2 heterocycles. The number of fused-ring (bicyclic) bond motifs is 1. The van der Waals surface area contributed by atoms with Gasteiger partial charge in [-0.15, -0.1) is 15.0 Å². The van der Waals surface area contributed by atoms with Crippen LogP contribution in [0, 0.1) is 0 Å². The van der Waals surface area contributed by atoms with Crippen LogP contribution in [0.25, 0.3) is 16.7 Å². The fourth-order valence-electron chi connectivity index (χ4n) is 1.55. The van der Waals surface area contributed by atoms with E-state index in [2.05, 4.69) is 31.1 Å². The number of pyridine rings is 1. The van der Waals surface area contributed by atoms with Gasteiger partial charge < -0.3 is 5.73 Å². The minimum absolute atomic E-state index is 0.649. The average molecular weight is 290 g/mol. The van der Waals surface area contributed by atoms with E-state index in [1.165, 1.54) is 0 Å². The molecule has 3 aromatic rings. The van der Waals surface area contributed by atoms with Crippen molar-refractivity contribution in [3.8, 4) is 5.69 Å². The van der Waals surface area contributed by atoms with Crippen molar-refractivity contribution in [1.29, 1.82) is 0 Å². The summed E-state index contributed by atoms with van der Waals surface area (Å²) in [5.74, 6) is 0. The number of hydrogen-bond acceptors (Lipinski definition) is 4. The highest BCUT2D eigenvalue weighted by atomic mass is 79.9. The Labute approximate surface area is 105 Å². The largest absolute Gasteiger partial charge is 0.398 e. The average Bonchev–Trinajstić information content (AvgIpc) is 2.80. The summed E-state index contributed by atoms with van der Waals surface area (Å²) in [4.78, 5) is 5.58. The van der Waals surface area contributed by atoms with Gasteiger partial charge in [-0.3, -0.25) is 4.98 Å². The van der Waals surface area contributed by atoms with Crippen LogP contribution in [0.5, 0.6) is 0 Å². The summed E-state index contributed by atoms with van der Waals surface area (Å²) in [5.41, 5.74) is 8.79. The van der Waals surface area contributed by atoms with Gasteiger partial charge in [-0.05, 0) is 40.2 Å². The minimum Gasteiger partial charge on any atom is -0.398 e. The maximum Gasteiger partial charge on any atom is 0.129 e. The monoisotopic (exact) mass is 289 g/mol. The number of nitrogens with zero attached hydrogens (tertiary/aromatic N) is 4. The Balaban J connectivity index is 2.24. The van der Waals surface area contributed by atoms with Crippen molar-refractivity contribution in [2.45, 2.75) is 0 Å². The molecule has 84 valence electrons. The first kappa shape index (κ1) is 10.2. The number of aromatic nitrogens is 4. The third-order valence-corrected chi connectivity index (χ3v) is 3.23. The van der Waals surface area contributed by atoms with E-state index in [-0.39, 0.29) is 0 Å². The van der Waals surface area contributed by atoms with Gasteiger partial charge in [0.15, 0.2) is 0 Å². The lowest BCUT2D eigenvalue weighted by Crippen LogP contribution is -1.98. The highest BCUT2D eigenvalue weighted by Crippen LogP contribution is 2.27. The minimum atomic E-state index is 0.649. The van der Waals surface area contributed by atoms with Crippen LogP contribution >= 0.6 is 15.9 Å². The first-order valence-corrected chi connectivity index (χ1v) is 5.76. The van der Waals surface area contributed by atoms with E-state index in [1.54, 1.807) is 23.3 Å². The Morgan fingerprint density at radius 3 is 2.82 bits per heavy atom. The lowest BCUT2D eigenvalue weighted by Gasteiger charge is -1.96. The topological polar surface area (TPSA) is 69.6 Å². The van der Waals surface area contributed by atoms with Gasteiger partial charge in [0.25, 0.3) is 0 Å². The van der Waals surface area contributed by atoms with Crippen LogP contribution in [0.2, 0.25) is 0 Å². The van der Waals surface area contributed by atoms with E-state index >= 15 is 0 Å². The number of rotatable bonds is 1. The molecule has 0 aliphatic heterocycles. The third kappa shape index (κ3) is 1.66. The van der Waals surface area contributed by atoms with Crippen LogP contribution < -0.4 is 5.73 Å².